The quantitative estimate of drug-likeness (QED) is 0.0847. The van der Waals surface area contributed by atoms with E-state index in [2.05, 4.69) is 111 Å². The minimum absolute atomic E-state index is 0.697. The van der Waals surface area contributed by atoms with Crippen molar-refractivity contribution < 1.29 is 4.74 Å². The molecule has 0 bridgehead atoms. The van der Waals surface area contributed by atoms with Crippen LogP contribution in [-0.2, 0) is 0 Å². The number of hydrogen-bond acceptors (Lipinski definition) is 2. The van der Waals surface area contributed by atoms with E-state index in [0.29, 0.717) is 6.61 Å². The first kappa shape index (κ1) is 31.1. The van der Waals surface area contributed by atoms with E-state index < -0.39 is 0 Å². The Morgan fingerprint density at radius 1 is 0.641 bits per heavy atom. The van der Waals surface area contributed by atoms with E-state index in [4.69, 9.17) is 4.74 Å². The summed E-state index contributed by atoms with van der Waals surface area (Å²) in [5.74, 6) is 0.931. The number of rotatable bonds is 19. The number of unbranched alkanes of at least 4 members (excludes halogenated alkanes) is 7. The van der Waals surface area contributed by atoms with E-state index in [9.17, 15) is 0 Å². The van der Waals surface area contributed by atoms with Gasteiger partial charge in [-0.15, -0.1) is 8.58 Å². The van der Waals surface area contributed by atoms with Crippen LogP contribution in [0.5, 0.6) is 5.75 Å². The zero-order chi connectivity index (χ0) is 27.5. The summed E-state index contributed by atoms with van der Waals surface area (Å²) in [5, 5.41) is 0. The van der Waals surface area contributed by atoms with Crippen LogP contribution in [-0.4, -0.2) is 44.5 Å². The summed E-state index contributed by atoms with van der Waals surface area (Å²) < 4.78 is 5.99. The number of hydrogen-bond donors (Lipinski definition) is 0. The Balaban J connectivity index is 1.72. The van der Waals surface area contributed by atoms with Gasteiger partial charge in [0.1, 0.15) is 12.4 Å². The molecule has 0 N–H and O–H groups in total. The summed E-state index contributed by atoms with van der Waals surface area (Å²) in [4.78, 5) is 2.14. The van der Waals surface area contributed by atoms with Crippen molar-refractivity contribution in [2.45, 2.75) is 64.7 Å². The zero-order valence-electron chi connectivity index (χ0n) is 24.6. The molecule has 39 heavy (non-hydrogen) atoms. The number of nitrogens with zero attached hydrogens (tertiary/aromatic N) is 1. The average Bonchev–Trinajstić information content (AvgIpc) is 2.96. The fourth-order valence-electron chi connectivity index (χ4n) is 5.03. The third-order valence-electron chi connectivity index (χ3n) is 7.22. The topological polar surface area (TPSA) is 12.5 Å². The first-order valence-corrected chi connectivity index (χ1v) is 16.5. The van der Waals surface area contributed by atoms with Crippen LogP contribution in [0.25, 0.3) is 11.1 Å². The van der Waals surface area contributed by atoms with Gasteiger partial charge >= 0.3 is 0 Å². The Labute approximate surface area is 240 Å². The lowest BCUT2D eigenvalue weighted by Gasteiger charge is -2.18. The van der Waals surface area contributed by atoms with Crippen LogP contribution >= 0.6 is 8.58 Å². The fourth-order valence-corrected chi connectivity index (χ4v) is 5.88. The molecular weight excluding hydrogens is 493 g/mol. The summed E-state index contributed by atoms with van der Waals surface area (Å²) >= 11 is 0. The molecule has 3 rings (SSSR count). The van der Waals surface area contributed by atoms with Gasteiger partial charge in [0.25, 0.3) is 0 Å². The largest absolute Gasteiger partial charge is 0.492 e. The molecule has 1 atom stereocenters. The number of likely N-dealkylation sites (N-methyl/N-ethyl adjacent to an activating group) is 1. The lowest BCUT2D eigenvalue weighted by Crippen LogP contribution is -2.19. The molecule has 0 aliphatic heterocycles. The molecule has 0 fully saturated rings. The molecule has 1 unspecified atom stereocenters. The van der Waals surface area contributed by atoms with Crippen LogP contribution in [0.4, 0.5) is 0 Å². The van der Waals surface area contributed by atoms with Crippen molar-refractivity contribution in [2.24, 2.45) is 0 Å². The molecule has 210 valence electrons. The van der Waals surface area contributed by atoms with E-state index in [1.807, 2.05) is 0 Å². The van der Waals surface area contributed by atoms with Crippen molar-refractivity contribution in [3.05, 3.63) is 102 Å². The first-order valence-electron chi connectivity index (χ1n) is 15.1. The molecule has 0 radical (unpaired) electrons. The van der Waals surface area contributed by atoms with Gasteiger partial charge in [0, 0.05) is 6.54 Å². The van der Waals surface area contributed by atoms with Gasteiger partial charge in [-0.3, -0.25) is 0 Å². The highest BCUT2D eigenvalue weighted by molar-refractivity contribution is 7.37. The second-order valence-electron chi connectivity index (χ2n) is 10.7. The van der Waals surface area contributed by atoms with Gasteiger partial charge in [-0.2, -0.15) is 0 Å². The Hall–Kier alpha value is -2.41. The molecule has 2 nitrogen and oxygen atoms in total. The van der Waals surface area contributed by atoms with Gasteiger partial charge in [-0.1, -0.05) is 118 Å². The minimum Gasteiger partial charge on any atom is -0.492 e. The zero-order valence-corrected chi connectivity index (χ0v) is 25.6. The maximum atomic E-state index is 5.99. The average molecular weight is 544 g/mol. The van der Waals surface area contributed by atoms with Crippen molar-refractivity contribution in [3.8, 4) is 5.75 Å². The highest BCUT2D eigenvalue weighted by atomic mass is 31.1. The predicted octanol–water partition coefficient (Wildman–Crippen LogP) is 9.80. The summed E-state index contributed by atoms with van der Waals surface area (Å²) in [6.45, 7) is 3.91. The van der Waals surface area contributed by atoms with Crippen LogP contribution < -0.4 is 4.74 Å². The van der Waals surface area contributed by atoms with Crippen LogP contribution in [0.3, 0.4) is 0 Å². The predicted molar refractivity (Wildman–Crippen MR) is 175 cm³/mol. The molecule has 0 saturated heterocycles. The lowest BCUT2D eigenvalue weighted by atomic mass is 9.86. The maximum absolute atomic E-state index is 5.99. The second-order valence-corrected chi connectivity index (χ2v) is 12.4. The fraction of sp³-hybridized carbons (Fsp3) is 0.444. The summed E-state index contributed by atoms with van der Waals surface area (Å²) in [6, 6.07) is 30.6. The van der Waals surface area contributed by atoms with Crippen LogP contribution in [0, 0.1) is 0 Å². The smallest absolute Gasteiger partial charge is 0.119 e. The normalized spacial score (nSPS) is 12.3. The van der Waals surface area contributed by atoms with Crippen LogP contribution in [0.15, 0.2) is 84.9 Å². The SMILES string of the molecule is CCPCCCCCCCCCC/C(=C(\c1ccccc1)c1ccc(OCCN(C)C)cc1)c1ccccc1. The molecule has 0 saturated carbocycles. The summed E-state index contributed by atoms with van der Waals surface area (Å²) in [5.41, 5.74) is 6.65. The Kier molecular flexibility index (Phi) is 15.0. The van der Waals surface area contributed by atoms with E-state index in [-0.39, 0.29) is 0 Å². The Bertz CT molecular complexity index is 1060. The maximum Gasteiger partial charge on any atom is 0.119 e. The molecular formula is C36H50NOP. The molecule has 0 amide bonds. The van der Waals surface area contributed by atoms with Crippen molar-refractivity contribution in [3.63, 3.8) is 0 Å². The van der Waals surface area contributed by atoms with Crippen molar-refractivity contribution in [2.75, 3.05) is 39.6 Å². The van der Waals surface area contributed by atoms with Gasteiger partial charge in [0.2, 0.25) is 0 Å². The first-order chi connectivity index (χ1) is 19.2. The van der Waals surface area contributed by atoms with Gasteiger partial charge < -0.3 is 9.64 Å². The highest BCUT2D eigenvalue weighted by Gasteiger charge is 2.14. The van der Waals surface area contributed by atoms with Crippen molar-refractivity contribution in [1.29, 1.82) is 0 Å². The Morgan fingerprint density at radius 2 is 1.18 bits per heavy atom. The van der Waals surface area contributed by atoms with Crippen LogP contribution in [0.1, 0.15) is 81.4 Å². The van der Waals surface area contributed by atoms with E-state index in [1.54, 1.807) is 0 Å². The van der Waals surface area contributed by atoms with Gasteiger partial charge in [0.05, 0.1) is 0 Å². The molecule has 0 aromatic heterocycles. The van der Waals surface area contributed by atoms with Gasteiger partial charge in [-0.05, 0) is 85.7 Å². The molecule has 0 aliphatic rings. The molecule has 0 spiro atoms. The molecule has 3 aromatic carbocycles. The van der Waals surface area contributed by atoms with E-state index >= 15 is 0 Å². The van der Waals surface area contributed by atoms with E-state index in [0.717, 1.165) is 18.7 Å². The van der Waals surface area contributed by atoms with Crippen LogP contribution in [0.2, 0.25) is 0 Å². The summed E-state index contributed by atoms with van der Waals surface area (Å²) in [6.07, 6.45) is 14.8. The van der Waals surface area contributed by atoms with Crippen molar-refractivity contribution in [1.82, 2.24) is 4.90 Å². The third-order valence-corrected chi connectivity index (χ3v) is 8.42. The number of benzene rings is 3. The second kappa shape index (κ2) is 18.8. The van der Waals surface area contributed by atoms with E-state index in [1.165, 1.54) is 100 Å². The highest BCUT2D eigenvalue weighted by Crippen LogP contribution is 2.36. The molecule has 3 heteroatoms. The minimum atomic E-state index is 0.697. The monoisotopic (exact) mass is 543 g/mol. The van der Waals surface area contributed by atoms with Gasteiger partial charge in [0.15, 0.2) is 0 Å². The third kappa shape index (κ3) is 11.7. The van der Waals surface area contributed by atoms with Gasteiger partial charge in [-0.25, -0.2) is 0 Å². The lowest BCUT2D eigenvalue weighted by molar-refractivity contribution is 0.261. The Morgan fingerprint density at radius 3 is 1.77 bits per heavy atom. The molecule has 3 aromatic rings. The number of ether oxygens (including phenoxy) is 1. The molecule has 0 heterocycles. The summed E-state index contributed by atoms with van der Waals surface area (Å²) in [7, 11) is 5.32. The number of allylic oxidation sites excluding steroid dienone is 1. The molecule has 0 aliphatic carbocycles. The standard InChI is InChI=1S/C36H50NOP/c1-4-39-30-18-10-8-6-5-7-9-17-23-35(31-19-13-11-14-20-31)36(32-21-15-12-16-22-32)33-24-26-34(27-25-33)38-29-28-37(2)3/h11-16,19-22,24-27,39H,4-10,17-18,23,28-30H2,1-3H3/b36-35-. The van der Waals surface area contributed by atoms with Crippen molar-refractivity contribution >= 4 is 19.7 Å².